The van der Waals surface area contributed by atoms with E-state index in [1.165, 1.54) is 0 Å². The maximum Gasteiger partial charge on any atom is 0.306 e. The minimum atomic E-state index is -1.82. The molecule has 0 aliphatic heterocycles. The van der Waals surface area contributed by atoms with Gasteiger partial charge in [0.05, 0.1) is 24.9 Å². The summed E-state index contributed by atoms with van der Waals surface area (Å²) in [4.78, 5) is 68.6. The normalized spacial score (nSPS) is 30.3. The van der Waals surface area contributed by atoms with Crippen LogP contribution in [0.25, 0.3) is 10.8 Å². The number of ketones is 2. The average Bonchev–Trinajstić information content (AvgIpc) is 3.42. The van der Waals surface area contributed by atoms with Crippen LogP contribution < -0.4 is 11.1 Å². The molecule has 0 saturated heterocycles. The fraction of sp³-hybridized carbons (Fsp3) is 0.478. The summed E-state index contributed by atoms with van der Waals surface area (Å²) in [6.07, 6.45) is 10.1. The van der Waals surface area contributed by atoms with Gasteiger partial charge in [-0.15, -0.1) is 0 Å². The predicted octanol–water partition coefficient (Wildman–Crippen LogP) is 5.64. The Kier molecular flexibility index (Phi) is 11.3. The second kappa shape index (κ2) is 16.0. The van der Waals surface area contributed by atoms with Crippen LogP contribution in [-0.4, -0.2) is 69.5 Å². The molecular weight excluding hydrogens is 739 g/mol. The number of hydrogen-bond donors (Lipinski definition) is 4. The van der Waals surface area contributed by atoms with Crippen LogP contribution in [0.5, 0.6) is 0 Å². The Labute approximate surface area is 338 Å². The zero-order chi connectivity index (χ0) is 41.5. The zero-order valence-corrected chi connectivity index (χ0v) is 33.4. The van der Waals surface area contributed by atoms with E-state index < -0.39 is 58.2 Å². The fourth-order valence-electron chi connectivity index (χ4n) is 10.8. The standard InChI is InChI=1S/C46H53N3O9/c1-43-17-14-34(50)23-32(43)9-11-36-41(43)37(51)24-45(3)44(36,2)18-19-46(45,56)38(52)27-58-40(54)13-12-39(53)57-26-28-4-6-29(7-5-28)35(15-20-47)42(55)49-33-10-8-31-25-48-21-16-30(31)22-33/h4-8,10,14,16-17,21-23,25,35-37,41,51,56H,9,11-13,15,18-20,24,26-27,47H2,1-3H3,(H,49,55)/t35?,36-,37+,41-,43+,44+,45+,46+/m1/s1. The quantitative estimate of drug-likeness (QED) is 0.157. The van der Waals surface area contributed by atoms with Crippen LogP contribution in [0.15, 0.2) is 84.7 Å². The molecule has 3 aromatic rings. The van der Waals surface area contributed by atoms with E-state index in [1.807, 2.05) is 37.3 Å². The summed E-state index contributed by atoms with van der Waals surface area (Å²) in [5.74, 6) is -2.92. The lowest BCUT2D eigenvalue weighted by atomic mass is 9.41. The summed E-state index contributed by atoms with van der Waals surface area (Å²) in [7, 11) is 0. The number of amides is 1. The molecule has 5 N–H and O–H groups in total. The van der Waals surface area contributed by atoms with Crippen molar-refractivity contribution in [1.29, 1.82) is 0 Å². The predicted molar refractivity (Wildman–Crippen MR) is 216 cm³/mol. The molecule has 8 atom stereocenters. The Morgan fingerprint density at radius 1 is 0.983 bits per heavy atom. The highest BCUT2D eigenvalue weighted by molar-refractivity contribution is 6.01. The Balaban J connectivity index is 0.884. The molecule has 1 unspecified atom stereocenters. The molecule has 58 heavy (non-hydrogen) atoms. The molecule has 0 radical (unpaired) electrons. The number of aliphatic hydroxyl groups excluding tert-OH is 1. The van der Waals surface area contributed by atoms with E-state index in [1.54, 1.807) is 48.8 Å². The number of rotatable bonds is 13. The molecule has 306 valence electrons. The van der Waals surface area contributed by atoms with Crippen LogP contribution >= 0.6 is 0 Å². The number of nitrogens with one attached hydrogen (secondary N) is 1. The molecule has 1 heterocycles. The first kappa shape index (κ1) is 41.1. The third kappa shape index (κ3) is 7.30. The first-order valence-corrected chi connectivity index (χ1v) is 20.2. The topological polar surface area (TPSA) is 195 Å². The molecular formula is C46H53N3O9. The number of benzene rings is 2. The van der Waals surface area contributed by atoms with Gasteiger partial charge in [-0.3, -0.25) is 29.0 Å². The Morgan fingerprint density at radius 3 is 2.47 bits per heavy atom. The number of ether oxygens (including phenoxy) is 2. The van der Waals surface area contributed by atoms with Crippen molar-refractivity contribution in [2.45, 2.75) is 96.4 Å². The molecule has 0 bridgehead atoms. The molecule has 1 amide bonds. The van der Waals surface area contributed by atoms with Crippen LogP contribution in [0.4, 0.5) is 5.69 Å². The number of carbonyl (C=O) groups excluding carboxylic acids is 5. The highest BCUT2D eigenvalue weighted by atomic mass is 16.5. The minimum absolute atomic E-state index is 0.00540. The smallest absolute Gasteiger partial charge is 0.306 e. The van der Waals surface area contributed by atoms with Crippen LogP contribution in [0.3, 0.4) is 0 Å². The second-order valence-corrected chi connectivity index (χ2v) is 17.3. The molecule has 12 nitrogen and oxygen atoms in total. The summed E-state index contributed by atoms with van der Waals surface area (Å²) in [6, 6.07) is 14.6. The lowest BCUT2D eigenvalue weighted by Gasteiger charge is -2.64. The minimum Gasteiger partial charge on any atom is -0.461 e. The van der Waals surface area contributed by atoms with Crippen molar-refractivity contribution in [2.75, 3.05) is 18.5 Å². The number of esters is 2. The molecule has 12 heteroatoms. The van der Waals surface area contributed by atoms with Gasteiger partial charge >= 0.3 is 11.9 Å². The third-order valence-electron chi connectivity index (χ3n) is 14.3. The highest BCUT2D eigenvalue weighted by Crippen LogP contribution is 2.72. The van der Waals surface area contributed by atoms with E-state index >= 15 is 0 Å². The summed E-state index contributed by atoms with van der Waals surface area (Å²) in [5, 5.41) is 28.7. The first-order valence-electron chi connectivity index (χ1n) is 20.2. The summed E-state index contributed by atoms with van der Waals surface area (Å²) in [6.45, 7) is 5.67. The number of aromatic nitrogens is 1. The number of anilines is 1. The van der Waals surface area contributed by atoms with Crippen LogP contribution in [-0.2, 0) is 40.1 Å². The van der Waals surface area contributed by atoms with Crippen molar-refractivity contribution in [1.82, 2.24) is 4.98 Å². The van der Waals surface area contributed by atoms with E-state index in [2.05, 4.69) is 24.1 Å². The number of nitrogens with zero attached hydrogens (tertiary/aromatic N) is 1. The number of carbonyl (C=O) groups is 5. The average molecular weight is 792 g/mol. The van der Waals surface area contributed by atoms with Gasteiger partial charge in [-0.05, 0) is 103 Å². The fourth-order valence-corrected chi connectivity index (χ4v) is 10.8. The maximum absolute atomic E-state index is 13.7. The van der Waals surface area contributed by atoms with Gasteiger partial charge < -0.3 is 30.7 Å². The Hall–Kier alpha value is -5.04. The summed E-state index contributed by atoms with van der Waals surface area (Å²) >= 11 is 0. The van der Waals surface area contributed by atoms with Crippen molar-refractivity contribution in [3.63, 3.8) is 0 Å². The Bertz CT molecular complexity index is 2180. The SMILES string of the molecule is C[C@]12C[C@H](O)[C@H]3[C@@H](CCC4=CC(=O)C=C[C@@]43C)[C@]1(C)CC[C@]2(O)C(=O)COC(=O)CCC(=O)OCc1ccc(C(CCN)C(=O)Nc2ccc3cnccc3c2)cc1. The van der Waals surface area contributed by atoms with E-state index in [4.69, 9.17) is 15.2 Å². The molecule has 1 aromatic heterocycles. The number of hydrogen-bond acceptors (Lipinski definition) is 11. The molecule has 7 rings (SSSR count). The van der Waals surface area contributed by atoms with Crippen molar-refractivity contribution in [2.24, 2.45) is 33.8 Å². The lowest BCUT2D eigenvalue weighted by Crippen LogP contribution is -2.65. The van der Waals surface area contributed by atoms with E-state index in [0.717, 1.165) is 28.3 Å². The monoisotopic (exact) mass is 791 g/mol. The second-order valence-electron chi connectivity index (χ2n) is 17.3. The lowest BCUT2D eigenvalue weighted by molar-refractivity contribution is -0.204. The van der Waals surface area contributed by atoms with Crippen molar-refractivity contribution in [3.8, 4) is 0 Å². The zero-order valence-electron chi connectivity index (χ0n) is 33.4. The first-order chi connectivity index (χ1) is 27.6. The van der Waals surface area contributed by atoms with Crippen molar-refractivity contribution < 1.29 is 43.7 Å². The van der Waals surface area contributed by atoms with Crippen LogP contribution in [0.2, 0.25) is 0 Å². The van der Waals surface area contributed by atoms with Gasteiger partial charge in [0.2, 0.25) is 11.7 Å². The molecule has 4 aliphatic carbocycles. The number of nitrogens with two attached hydrogens (primary N) is 1. The van der Waals surface area contributed by atoms with Crippen LogP contribution in [0, 0.1) is 28.1 Å². The van der Waals surface area contributed by atoms with E-state index in [0.29, 0.717) is 37.1 Å². The van der Waals surface area contributed by atoms with E-state index in [9.17, 15) is 34.2 Å². The molecule has 3 saturated carbocycles. The number of allylic oxidation sites excluding steroid dienone is 4. The molecule has 4 aliphatic rings. The van der Waals surface area contributed by atoms with Gasteiger partial charge in [-0.1, -0.05) is 62.8 Å². The number of Topliss-reactive ketones (excluding diaryl/α,β-unsaturated/α-hetero) is 1. The highest BCUT2D eigenvalue weighted by Gasteiger charge is 2.73. The largest absolute Gasteiger partial charge is 0.461 e. The van der Waals surface area contributed by atoms with Gasteiger partial charge in [0, 0.05) is 40.2 Å². The molecule has 2 aromatic carbocycles. The van der Waals surface area contributed by atoms with Gasteiger partial charge in [-0.25, -0.2) is 0 Å². The number of aliphatic hydroxyl groups is 2. The maximum atomic E-state index is 13.7. The van der Waals surface area contributed by atoms with Crippen LogP contribution in [0.1, 0.15) is 89.2 Å². The third-order valence-corrected chi connectivity index (χ3v) is 14.3. The Morgan fingerprint density at radius 2 is 1.72 bits per heavy atom. The molecule has 3 fully saturated rings. The van der Waals surface area contributed by atoms with Crippen molar-refractivity contribution >= 4 is 45.9 Å². The molecule has 0 spiro atoms. The van der Waals surface area contributed by atoms with Gasteiger partial charge in [0.25, 0.3) is 0 Å². The summed E-state index contributed by atoms with van der Waals surface area (Å²) < 4.78 is 10.7. The van der Waals surface area contributed by atoms with E-state index in [-0.39, 0.29) is 55.8 Å². The van der Waals surface area contributed by atoms with Crippen molar-refractivity contribution in [3.05, 3.63) is 95.9 Å². The van der Waals surface area contributed by atoms with Gasteiger partial charge in [0.15, 0.2) is 12.4 Å². The van der Waals surface area contributed by atoms with Gasteiger partial charge in [-0.2, -0.15) is 0 Å². The number of pyridine rings is 1. The van der Waals surface area contributed by atoms with Gasteiger partial charge in [0.1, 0.15) is 12.2 Å². The summed E-state index contributed by atoms with van der Waals surface area (Å²) in [5.41, 5.74) is 5.22. The number of fused-ring (bicyclic) bond motifs is 6.